The van der Waals surface area contributed by atoms with Crippen LogP contribution in [0.25, 0.3) is 0 Å². The number of rotatable bonds is 3. The molecule has 0 radical (unpaired) electrons. The summed E-state index contributed by atoms with van der Waals surface area (Å²) in [5.74, 6) is 0.123. The Bertz CT molecular complexity index is 448. The van der Waals surface area contributed by atoms with E-state index in [1.54, 1.807) is 0 Å². The normalized spacial score (nSPS) is 17.9. The van der Waals surface area contributed by atoms with Gasteiger partial charge in [-0.15, -0.1) is 11.8 Å². The number of hydrogen-bond acceptors (Lipinski definition) is 4. The molecule has 1 aromatic rings. The van der Waals surface area contributed by atoms with Gasteiger partial charge >= 0.3 is 0 Å². The Morgan fingerprint density at radius 1 is 1.44 bits per heavy atom. The molecular formula is C12H15BrN2O2S. The Balaban J connectivity index is 2.09. The number of benzene rings is 1. The zero-order valence-corrected chi connectivity index (χ0v) is 12.2. The van der Waals surface area contributed by atoms with Gasteiger partial charge in [0.25, 0.3) is 0 Å². The second kappa shape index (κ2) is 6.45. The SMILES string of the molecule is N/C(=N/O)c1ccc(SC2CCOCC2)c(Br)c1. The maximum Gasteiger partial charge on any atom is 0.170 e. The molecule has 1 heterocycles. The van der Waals surface area contributed by atoms with Gasteiger partial charge in [-0.3, -0.25) is 0 Å². The fourth-order valence-electron chi connectivity index (χ4n) is 1.79. The molecule has 1 fully saturated rings. The van der Waals surface area contributed by atoms with E-state index in [1.165, 1.54) is 4.90 Å². The zero-order chi connectivity index (χ0) is 13.0. The summed E-state index contributed by atoms with van der Waals surface area (Å²) in [6.07, 6.45) is 2.16. The topological polar surface area (TPSA) is 67.8 Å². The van der Waals surface area contributed by atoms with E-state index in [-0.39, 0.29) is 5.84 Å². The van der Waals surface area contributed by atoms with Gasteiger partial charge in [0.2, 0.25) is 0 Å². The predicted molar refractivity (Wildman–Crippen MR) is 76.4 cm³/mol. The van der Waals surface area contributed by atoms with Gasteiger partial charge in [0.15, 0.2) is 5.84 Å². The van der Waals surface area contributed by atoms with Gasteiger partial charge in [-0.1, -0.05) is 5.16 Å². The molecule has 0 bridgehead atoms. The number of halogens is 1. The summed E-state index contributed by atoms with van der Waals surface area (Å²) in [5.41, 5.74) is 6.26. The minimum Gasteiger partial charge on any atom is -0.409 e. The van der Waals surface area contributed by atoms with Gasteiger partial charge in [-0.2, -0.15) is 0 Å². The first-order valence-electron chi connectivity index (χ1n) is 5.72. The highest BCUT2D eigenvalue weighted by molar-refractivity contribution is 9.10. The van der Waals surface area contributed by atoms with E-state index in [1.807, 2.05) is 30.0 Å². The van der Waals surface area contributed by atoms with Crippen LogP contribution in [0.2, 0.25) is 0 Å². The number of ether oxygens (including phenoxy) is 1. The van der Waals surface area contributed by atoms with Crippen LogP contribution in [0.5, 0.6) is 0 Å². The molecule has 0 spiro atoms. The average molecular weight is 331 g/mol. The first-order valence-corrected chi connectivity index (χ1v) is 7.40. The van der Waals surface area contributed by atoms with Gasteiger partial charge in [-0.05, 0) is 47.0 Å². The standard InChI is InChI=1S/C12H15BrN2O2S/c13-10-7-8(12(14)15-16)1-2-11(10)18-9-3-5-17-6-4-9/h1-2,7,9,16H,3-6H2,(H2,14,15). The first kappa shape index (κ1) is 13.7. The summed E-state index contributed by atoms with van der Waals surface area (Å²) in [7, 11) is 0. The molecule has 1 aliphatic heterocycles. The fourth-order valence-corrected chi connectivity index (χ4v) is 3.55. The number of oxime groups is 1. The molecule has 2 rings (SSSR count). The molecule has 0 saturated carbocycles. The van der Waals surface area contributed by atoms with Gasteiger partial charge < -0.3 is 15.7 Å². The largest absolute Gasteiger partial charge is 0.409 e. The van der Waals surface area contributed by atoms with Gasteiger partial charge in [0.05, 0.1) is 0 Å². The highest BCUT2D eigenvalue weighted by atomic mass is 79.9. The second-order valence-corrected chi connectivity index (χ2v) is 6.26. The molecule has 1 aliphatic rings. The molecular weight excluding hydrogens is 316 g/mol. The lowest BCUT2D eigenvalue weighted by molar-refractivity contribution is 0.100. The van der Waals surface area contributed by atoms with Crippen molar-refractivity contribution in [3.63, 3.8) is 0 Å². The van der Waals surface area contributed by atoms with E-state index >= 15 is 0 Å². The van der Waals surface area contributed by atoms with Crippen LogP contribution >= 0.6 is 27.7 Å². The molecule has 0 aliphatic carbocycles. The second-order valence-electron chi connectivity index (χ2n) is 4.06. The minimum absolute atomic E-state index is 0.123. The van der Waals surface area contributed by atoms with Crippen LogP contribution in [0.3, 0.4) is 0 Å². The molecule has 1 saturated heterocycles. The van der Waals surface area contributed by atoms with Crippen LogP contribution in [0.15, 0.2) is 32.7 Å². The van der Waals surface area contributed by atoms with E-state index in [0.29, 0.717) is 10.8 Å². The van der Waals surface area contributed by atoms with E-state index in [2.05, 4.69) is 21.1 Å². The van der Waals surface area contributed by atoms with Gasteiger partial charge in [0, 0.05) is 33.4 Å². The van der Waals surface area contributed by atoms with Crippen molar-refractivity contribution in [2.45, 2.75) is 23.0 Å². The van der Waals surface area contributed by atoms with E-state index in [0.717, 1.165) is 30.5 Å². The molecule has 6 heteroatoms. The van der Waals surface area contributed by atoms with Crippen LogP contribution in [0, 0.1) is 0 Å². The lowest BCUT2D eigenvalue weighted by Gasteiger charge is -2.22. The third-order valence-electron chi connectivity index (χ3n) is 2.80. The molecule has 3 N–H and O–H groups in total. The summed E-state index contributed by atoms with van der Waals surface area (Å²) in [4.78, 5) is 1.18. The molecule has 18 heavy (non-hydrogen) atoms. The van der Waals surface area contributed by atoms with Crippen LogP contribution < -0.4 is 5.73 Å². The monoisotopic (exact) mass is 330 g/mol. The molecule has 0 unspecified atom stereocenters. The molecule has 98 valence electrons. The van der Waals surface area contributed by atoms with Crippen molar-refractivity contribution in [2.75, 3.05) is 13.2 Å². The van der Waals surface area contributed by atoms with Crippen molar-refractivity contribution in [1.82, 2.24) is 0 Å². The van der Waals surface area contributed by atoms with Crippen LogP contribution in [0.1, 0.15) is 18.4 Å². The number of thioether (sulfide) groups is 1. The summed E-state index contributed by atoms with van der Waals surface area (Å²) < 4.78 is 6.32. The molecule has 0 atom stereocenters. The Hall–Kier alpha value is -0.720. The van der Waals surface area contributed by atoms with Gasteiger partial charge in [0.1, 0.15) is 0 Å². The summed E-state index contributed by atoms with van der Waals surface area (Å²) in [6, 6.07) is 5.73. The van der Waals surface area contributed by atoms with Crippen molar-refractivity contribution < 1.29 is 9.94 Å². The third kappa shape index (κ3) is 3.40. The zero-order valence-electron chi connectivity index (χ0n) is 9.80. The van der Waals surface area contributed by atoms with Crippen molar-refractivity contribution in [1.29, 1.82) is 0 Å². The number of nitrogens with two attached hydrogens (primary N) is 1. The Morgan fingerprint density at radius 3 is 2.78 bits per heavy atom. The molecule has 1 aromatic carbocycles. The van der Waals surface area contributed by atoms with Crippen LogP contribution in [-0.4, -0.2) is 29.5 Å². The molecule has 4 nitrogen and oxygen atoms in total. The van der Waals surface area contributed by atoms with E-state index in [4.69, 9.17) is 15.7 Å². The molecule has 0 aromatic heterocycles. The average Bonchev–Trinajstić information content (AvgIpc) is 2.41. The minimum atomic E-state index is 0.123. The van der Waals surface area contributed by atoms with Crippen molar-refractivity contribution in [3.8, 4) is 0 Å². The lowest BCUT2D eigenvalue weighted by Crippen LogP contribution is -2.17. The highest BCUT2D eigenvalue weighted by Gasteiger charge is 2.16. The lowest BCUT2D eigenvalue weighted by atomic mass is 10.2. The molecule has 0 amide bonds. The third-order valence-corrected chi connectivity index (χ3v) is 5.13. The Kier molecular flexibility index (Phi) is 4.91. The quantitative estimate of drug-likeness (QED) is 0.387. The van der Waals surface area contributed by atoms with Gasteiger partial charge in [-0.25, -0.2) is 0 Å². The Morgan fingerprint density at radius 2 is 2.17 bits per heavy atom. The summed E-state index contributed by atoms with van der Waals surface area (Å²) in [5, 5.41) is 12.2. The number of hydrogen-bond donors (Lipinski definition) is 2. The fraction of sp³-hybridized carbons (Fsp3) is 0.417. The summed E-state index contributed by atoms with van der Waals surface area (Å²) >= 11 is 5.38. The van der Waals surface area contributed by atoms with Crippen molar-refractivity contribution >= 4 is 33.5 Å². The maximum absolute atomic E-state index is 8.64. The van der Waals surface area contributed by atoms with Crippen molar-refractivity contribution in [2.24, 2.45) is 10.9 Å². The number of amidine groups is 1. The van der Waals surface area contributed by atoms with E-state index in [9.17, 15) is 0 Å². The number of nitrogens with zero attached hydrogens (tertiary/aromatic N) is 1. The highest BCUT2D eigenvalue weighted by Crippen LogP contribution is 2.35. The maximum atomic E-state index is 8.64. The van der Waals surface area contributed by atoms with E-state index < -0.39 is 0 Å². The van der Waals surface area contributed by atoms with Crippen molar-refractivity contribution in [3.05, 3.63) is 28.2 Å². The summed E-state index contributed by atoms with van der Waals surface area (Å²) in [6.45, 7) is 1.69. The smallest absolute Gasteiger partial charge is 0.170 e. The Labute approximate surface area is 119 Å². The first-order chi connectivity index (χ1) is 8.70. The predicted octanol–water partition coefficient (Wildman–Crippen LogP) is 2.81. The van der Waals surface area contributed by atoms with Crippen LogP contribution in [-0.2, 0) is 4.74 Å². The van der Waals surface area contributed by atoms with Crippen LogP contribution in [0.4, 0.5) is 0 Å².